The van der Waals surface area contributed by atoms with Crippen LogP contribution in [-0.2, 0) is 4.74 Å². The van der Waals surface area contributed by atoms with Crippen LogP contribution in [0.25, 0.3) is 0 Å². The Bertz CT molecular complexity index is 220. The van der Waals surface area contributed by atoms with Crippen molar-refractivity contribution in [3.05, 3.63) is 0 Å². The molecule has 0 aromatic rings. The van der Waals surface area contributed by atoms with E-state index in [0.29, 0.717) is 0 Å². The molecule has 4 nitrogen and oxygen atoms in total. The highest BCUT2D eigenvalue weighted by atomic mass is 16.5. The van der Waals surface area contributed by atoms with Gasteiger partial charge >= 0.3 is 0 Å². The molecule has 0 spiro atoms. The van der Waals surface area contributed by atoms with Crippen LogP contribution >= 0.6 is 0 Å². The molecule has 4 heteroatoms. The molecule has 1 saturated heterocycles. The summed E-state index contributed by atoms with van der Waals surface area (Å²) in [4.78, 5) is 0. The predicted molar refractivity (Wildman–Crippen MR) is 58.7 cm³/mol. The van der Waals surface area contributed by atoms with Gasteiger partial charge in [0.2, 0.25) is 0 Å². The van der Waals surface area contributed by atoms with E-state index in [9.17, 15) is 10.2 Å². The second kappa shape index (κ2) is 4.01. The first kappa shape index (κ1) is 12.9. The highest BCUT2D eigenvalue weighted by Crippen LogP contribution is 2.33. The molecule has 1 rings (SSSR count). The van der Waals surface area contributed by atoms with Gasteiger partial charge in [0.15, 0.2) is 0 Å². The van der Waals surface area contributed by atoms with Crippen molar-refractivity contribution in [3.63, 3.8) is 0 Å². The van der Waals surface area contributed by atoms with Crippen LogP contribution in [-0.4, -0.2) is 47.7 Å². The lowest BCUT2D eigenvalue weighted by atomic mass is 9.77. The van der Waals surface area contributed by atoms with Crippen LogP contribution in [0.2, 0.25) is 0 Å². The Morgan fingerprint density at radius 1 is 1.40 bits per heavy atom. The van der Waals surface area contributed by atoms with E-state index in [4.69, 9.17) is 4.74 Å². The van der Waals surface area contributed by atoms with E-state index in [2.05, 4.69) is 5.32 Å². The lowest BCUT2D eigenvalue weighted by molar-refractivity contribution is -0.207. The van der Waals surface area contributed by atoms with Gasteiger partial charge in [-0.2, -0.15) is 0 Å². The van der Waals surface area contributed by atoms with Gasteiger partial charge in [0.05, 0.1) is 24.9 Å². The van der Waals surface area contributed by atoms with Crippen molar-refractivity contribution >= 4 is 0 Å². The molecule has 0 amide bonds. The van der Waals surface area contributed by atoms with E-state index in [1.165, 1.54) is 0 Å². The first-order chi connectivity index (χ1) is 6.70. The Morgan fingerprint density at radius 2 is 1.93 bits per heavy atom. The number of nitrogens with one attached hydrogen (secondary N) is 1. The molecular weight excluding hydrogens is 194 g/mol. The highest BCUT2D eigenvalue weighted by molar-refractivity contribution is 5.01. The Morgan fingerprint density at radius 3 is 2.33 bits per heavy atom. The molecule has 2 unspecified atom stereocenters. The fraction of sp³-hybridized carbons (Fsp3) is 1.00. The van der Waals surface area contributed by atoms with Gasteiger partial charge in [-0.15, -0.1) is 0 Å². The maximum atomic E-state index is 10.2. The minimum Gasteiger partial charge on any atom is -0.389 e. The zero-order valence-electron chi connectivity index (χ0n) is 10.2. The van der Waals surface area contributed by atoms with E-state index in [0.717, 1.165) is 0 Å². The lowest BCUT2D eigenvalue weighted by Gasteiger charge is -2.48. The average molecular weight is 217 g/mol. The number of rotatable bonds is 1. The maximum absolute atomic E-state index is 10.2. The van der Waals surface area contributed by atoms with Crippen molar-refractivity contribution in [2.24, 2.45) is 5.41 Å². The zero-order valence-corrected chi connectivity index (χ0v) is 10.2. The summed E-state index contributed by atoms with van der Waals surface area (Å²) in [5, 5.41) is 23.2. The van der Waals surface area contributed by atoms with Crippen LogP contribution in [0.3, 0.4) is 0 Å². The molecule has 0 aliphatic carbocycles. The quantitative estimate of drug-likeness (QED) is 0.584. The Balaban J connectivity index is 2.85. The Hall–Kier alpha value is -0.160. The number of aliphatic hydroxyl groups is 2. The molecule has 90 valence electrons. The number of likely N-dealkylation sites (N-methyl/N-ethyl adjacent to an activating group) is 1. The van der Waals surface area contributed by atoms with Gasteiger partial charge < -0.3 is 20.3 Å². The van der Waals surface area contributed by atoms with Crippen molar-refractivity contribution < 1.29 is 14.9 Å². The topological polar surface area (TPSA) is 61.7 Å². The molecule has 4 atom stereocenters. The fourth-order valence-electron chi connectivity index (χ4n) is 2.23. The van der Waals surface area contributed by atoms with E-state index in [1.807, 2.05) is 20.8 Å². The first-order valence-corrected chi connectivity index (χ1v) is 5.39. The molecule has 0 saturated carbocycles. The summed E-state index contributed by atoms with van der Waals surface area (Å²) in [6, 6.07) is -0.351. The summed E-state index contributed by atoms with van der Waals surface area (Å²) in [6.45, 7) is 7.99. The molecule has 1 aliphatic heterocycles. The average Bonchev–Trinajstić information content (AvgIpc) is 2.00. The largest absolute Gasteiger partial charge is 0.389 e. The maximum Gasteiger partial charge on any atom is 0.103 e. The van der Waals surface area contributed by atoms with Crippen LogP contribution in [0.5, 0.6) is 0 Å². The van der Waals surface area contributed by atoms with Gasteiger partial charge in [-0.05, 0) is 19.4 Å². The number of hydrogen-bond donors (Lipinski definition) is 3. The van der Waals surface area contributed by atoms with Crippen LogP contribution in [0, 0.1) is 5.41 Å². The first-order valence-electron chi connectivity index (χ1n) is 5.39. The molecular formula is C11H23NO3. The van der Waals surface area contributed by atoms with Gasteiger partial charge in [0.25, 0.3) is 0 Å². The van der Waals surface area contributed by atoms with Gasteiger partial charge in [-0.3, -0.25) is 0 Å². The third-order valence-corrected chi connectivity index (χ3v) is 3.04. The van der Waals surface area contributed by atoms with E-state index >= 15 is 0 Å². The normalized spacial score (nSPS) is 43.0. The van der Waals surface area contributed by atoms with Crippen LogP contribution in [0.1, 0.15) is 27.7 Å². The summed E-state index contributed by atoms with van der Waals surface area (Å²) in [7, 11) is 1.74. The Labute approximate surface area is 91.6 Å². The van der Waals surface area contributed by atoms with E-state index in [-0.39, 0.29) is 24.2 Å². The standard InChI is InChI=1S/C11H23NO3/c1-10(2,3)9-7(13)8(12-5)11(4,14)6-15-9/h7-9,12-14H,6H2,1-5H3/t7-,8?,9?,11+/m1/s1. The second-order valence-electron chi connectivity index (χ2n) is 5.71. The molecule has 0 radical (unpaired) electrons. The molecule has 0 bridgehead atoms. The molecule has 0 aromatic carbocycles. The molecule has 1 heterocycles. The highest BCUT2D eigenvalue weighted by Gasteiger charge is 2.48. The SMILES string of the molecule is CNC1[C@@H](O)C(C(C)(C)C)OC[C@]1(C)O. The van der Waals surface area contributed by atoms with Gasteiger partial charge in [0, 0.05) is 0 Å². The molecule has 3 N–H and O–H groups in total. The van der Waals surface area contributed by atoms with Crippen molar-refractivity contribution in [1.29, 1.82) is 0 Å². The minimum absolute atomic E-state index is 0.134. The van der Waals surface area contributed by atoms with Crippen molar-refractivity contribution in [1.82, 2.24) is 5.32 Å². The smallest absolute Gasteiger partial charge is 0.103 e. The summed E-state index contributed by atoms with van der Waals surface area (Å²) < 4.78 is 5.56. The number of ether oxygens (including phenoxy) is 1. The van der Waals surface area contributed by atoms with Gasteiger partial charge in [0.1, 0.15) is 5.60 Å². The Kier molecular flexibility index (Phi) is 3.45. The van der Waals surface area contributed by atoms with Crippen molar-refractivity contribution in [2.45, 2.75) is 51.5 Å². The summed E-state index contributed by atoms with van der Waals surface area (Å²) in [6.07, 6.45) is -0.950. The van der Waals surface area contributed by atoms with Crippen molar-refractivity contribution in [3.8, 4) is 0 Å². The summed E-state index contributed by atoms with van der Waals surface area (Å²) in [5.74, 6) is 0. The third-order valence-electron chi connectivity index (χ3n) is 3.04. The molecule has 1 aliphatic rings. The number of hydrogen-bond acceptors (Lipinski definition) is 4. The van der Waals surface area contributed by atoms with Gasteiger partial charge in [-0.25, -0.2) is 0 Å². The molecule has 0 aromatic heterocycles. The lowest BCUT2D eigenvalue weighted by Crippen LogP contribution is -2.66. The molecule has 15 heavy (non-hydrogen) atoms. The minimum atomic E-state index is -1.02. The zero-order chi connectivity index (χ0) is 11.9. The second-order valence-corrected chi connectivity index (χ2v) is 5.71. The summed E-state index contributed by atoms with van der Waals surface area (Å²) >= 11 is 0. The van der Waals surface area contributed by atoms with E-state index < -0.39 is 11.7 Å². The predicted octanol–water partition coefficient (Wildman–Crippen LogP) is 0.131. The van der Waals surface area contributed by atoms with E-state index in [1.54, 1.807) is 14.0 Å². The fourth-order valence-corrected chi connectivity index (χ4v) is 2.23. The summed E-state index contributed by atoms with van der Waals surface area (Å²) in [5.41, 5.74) is -1.15. The van der Waals surface area contributed by atoms with Crippen LogP contribution < -0.4 is 5.32 Å². The van der Waals surface area contributed by atoms with Gasteiger partial charge in [-0.1, -0.05) is 20.8 Å². The monoisotopic (exact) mass is 217 g/mol. The van der Waals surface area contributed by atoms with Crippen LogP contribution in [0.15, 0.2) is 0 Å². The van der Waals surface area contributed by atoms with Crippen molar-refractivity contribution in [2.75, 3.05) is 13.7 Å². The van der Waals surface area contributed by atoms with Crippen LogP contribution in [0.4, 0.5) is 0 Å². The third kappa shape index (κ3) is 2.50. The molecule has 1 fully saturated rings. The number of aliphatic hydroxyl groups excluding tert-OH is 1.